The molecule has 4 aliphatic rings. The van der Waals surface area contributed by atoms with E-state index >= 15 is 0 Å². The van der Waals surface area contributed by atoms with Gasteiger partial charge in [-0.2, -0.15) is 16.7 Å². The Morgan fingerprint density at radius 2 is 1.23 bits per heavy atom. The maximum absolute atomic E-state index is 12.8. The number of carbonyl (C=O) groups excluding carboxylic acids is 4. The molecule has 7 rings (SSSR count). The number of aromatic nitrogens is 6. The number of amides is 5. The van der Waals surface area contributed by atoms with Crippen molar-refractivity contribution < 1.29 is 109 Å². The highest BCUT2D eigenvalue weighted by atomic mass is 32.2. The number of nitrogens with zero attached hydrogens (tertiary/aromatic N) is 4. The average Bonchev–Trinajstić information content (AvgIpc) is 2.16. The lowest BCUT2D eigenvalue weighted by molar-refractivity contribution is -0.255. The maximum Gasteiger partial charge on any atom is 0.330 e. The lowest BCUT2D eigenvalue weighted by atomic mass is 10.0. The molecule has 43 heteroatoms. The zero-order valence-electron chi connectivity index (χ0n) is 45.7. The number of unbranched alkanes of at least 4 members (excludes halogenated alkanes) is 5. The van der Waals surface area contributed by atoms with Crippen LogP contribution in [0.15, 0.2) is 33.0 Å². The lowest BCUT2D eigenvalue weighted by Crippen LogP contribution is -2.38. The number of aromatic amines is 2. The number of phosphoric ester groups is 2. The van der Waals surface area contributed by atoms with Gasteiger partial charge in [0.25, 0.3) is 42.4 Å². The van der Waals surface area contributed by atoms with Crippen LogP contribution in [0.4, 0.5) is 10.7 Å². The molecular formula is C44H64N12O26P4S-4. The molecule has 0 bridgehead atoms. The van der Waals surface area contributed by atoms with Crippen molar-refractivity contribution in [1.29, 1.82) is 0 Å². The molecule has 0 aromatic carbocycles. The molecule has 87 heavy (non-hydrogen) atoms. The van der Waals surface area contributed by atoms with Gasteiger partial charge < -0.3 is 90.8 Å². The van der Waals surface area contributed by atoms with Crippen molar-refractivity contribution in [1.82, 2.24) is 55.7 Å². The molecule has 486 valence electrons. The highest BCUT2D eigenvalue weighted by Gasteiger charge is 2.47. The highest BCUT2D eigenvalue weighted by Crippen LogP contribution is 2.67. The number of hydrogen-bond acceptors (Lipinski definition) is 30. The maximum atomic E-state index is 12.8. The molecule has 3 aromatic heterocycles. The number of aliphatic hydroxyl groups excluding tert-OH is 4. The smallest absolute Gasteiger partial charge is 0.330 e. The number of aliphatic hydroxyl groups is 4. The molecule has 4 aliphatic heterocycles. The van der Waals surface area contributed by atoms with Gasteiger partial charge in [-0.3, -0.25) is 61.3 Å². The molecule has 7 unspecified atom stereocenters. The summed E-state index contributed by atoms with van der Waals surface area (Å²) in [5, 5.41) is 56.9. The van der Waals surface area contributed by atoms with E-state index in [1.807, 2.05) is 16.7 Å². The van der Waals surface area contributed by atoms with Gasteiger partial charge in [0.2, 0.25) is 23.7 Å². The minimum absolute atomic E-state index is 0.00380. The van der Waals surface area contributed by atoms with Crippen LogP contribution >= 0.6 is 43.1 Å². The van der Waals surface area contributed by atoms with Gasteiger partial charge in [-0.1, -0.05) is 31.4 Å². The highest BCUT2D eigenvalue weighted by molar-refractivity contribution is 8.00. The number of rotatable bonds is 34. The van der Waals surface area contributed by atoms with Crippen LogP contribution in [-0.2, 0) is 64.1 Å². The normalized spacial score (nSPS) is 27.2. The van der Waals surface area contributed by atoms with Crippen LogP contribution in [0.25, 0.3) is 17.2 Å². The molecule has 5 amide bonds. The first kappa shape index (κ1) is 69.4. The van der Waals surface area contributed by atoms with E-state index in [0.29, 0.717) is 61.4 Å². The van der Waals surface area contributed by atoms with E-state index in [1.54, 1.807) is 0 Å². The molecule has 0 radical (unpaired) electrons. The van der Waals surface area contributed by atoms with E-state index in [0.717, 1.165) is 54.9 Å². The quantitative estimate of drug-likeness (QED) is 0.0153. The zero-order valence-corrected chi connectivity index (χ0v) is 50.1. The van der Waals surface area contributed by atoms with Crippen molar-refractivity contribution in [2.45, 2.75) is 143 Å². The molecule has 15 atom stereocenters. The minimum Gasteiger partial charge on any atom is -0.756 e. The van der Waals surface area contributed by atoms with E-state index in [4.69, 9.17) is 15.2 Å². The fourth-order valence-corrected chi connectivity index (χ4v) is 15.7. The van der Waals surface area contributed by atoms with Gasteiger partial charge >= 0.3 is 11.7 Å². The van der Waals surface area contributed by atoms with Crippen molar-refractivity contribution >= 4 is 90.0 Å². The van der Waals surface area contributed by atoms with E-state index in [-0.39, 0.29) is 71.5 Å². The monoisotopic (exact) mass is 1330 g/mol. The zero-order chi connectivity index (χ0) is 63.4. The summed E-state index contributed by atoms with van der Waals surface area (Å²) in [4.78, 5) is 147. The van der Waals surface area contributed by atoms with Crippen molar-refractivity contribution in [2.75, 3.05) is 44.3 Å². The first-order valence-electron chi connectivity index (χ1n) is 26.9. The summed E-state index contributed by atoms with van der Waals surface area (Å²) in [7, 11) is -26.0. The third kappa shape index (κ3) is 20.0. The molecule has 4 saturated heterocycles. The third-order valence-corrected chi connectivity index (χ3v) is 20.9. The Labute approximate surface area is 496 Å². The summed E-state index contributed by atoms with van der Waals surface area (Å²) in [5.41, 5.74) is 1.84. The summed E-state index contributed by atoms with van der Waals surface area (Å²) >= 11 is 1.85. The molecule has 0 saturated carbocycles. The van der Waals surface area contributed by atoms with Crippen molar-refractivity contribution in [3.8, 4) is 0 Å². The Hall–Kier alpha value is -5.08. The van der Waals surface area contributed by atoms with Gasteiger partial charge in [0.1, 0.15) is 36.6 Å². The number of nitrogens with two attached hydrogens (primary N) is 1. The Morgan fingerprint density at radius 1 is 0.701 bits per heavy atom. The lowest BCUT2D eigenvalue weighted by Gasteiger charge is -2.36. The fourth-order valence-electron chi connectivity index (χ4n) is 9.43. The molecule has 0 aliphatic carbocycles. The summed E-state index contributed by atoms with van der Waals surface area (Å²) < 4.78 is 81.3. The molecular weight excluding hydrogens is 1270 g/mol. The molecule has 13 N–H and O–H groups in total. The largest absolute Gasteiger partial charge is 0.756 e. The van der Waals surface area contributed by atoms with Crippen LogP contribution in [-0.4, -0.2) is 166 Å². The number of ether oxygens (including phenoxy) is 2. The Bertz CT molecular complexity index is 3350. The second kappa shape index (κ2) is 30.6. The summed E-state index contributed by atoms with van der Waals surface area (Å²) in [6.07, 6.45) is -3.44. The molecule has 38 nitrogen and oxygen atoms in total. The van der Waals surface area contributed by atoms with Crippen molar-refractivity contribution in [3.05, 3.63) is 55.4 Å². The van der Waals surface area contributed by atoms with Gasteiger partial charge in [-0.15, -0.1) is 0 Å². The number of phosphoric acid groups is 4. The Morgan fingerprint density at radius 3 is 1.80 bits per heavy atom. The molecule has 3 aromatic rings. The molecule has 0 spiro atoms. The topological polar surface area (TPSA) is 579 Å². The van der Waals surface area contributed by atoms with Gasteiger partial charge in [-0.25, -0.2) is 27.5 Å². The number of imidazole rings is 1. The Kier molecular flexibility index (Phi) is 24.4. The predicted molar refractivity (Wildman–Crippen MR) is 290 cm³/mol. The van der Waals surface area contributed by atoms with Gasteiger partial charge in [0, 0.05) is 56.1 Å². The van der Waals surface area contributed by atoms with Crippen molar-refractivity contribution in [2.24, 2.45) is 0 Å². The fraction of sp³-hybridized carbons (Fsp3) is 0.659. The van der Waals surface area contributed by atoms with Crippen molar-refractivity contribution in [3.63, 3.8) is 0 Å². The van der Waals surface area contributed by atoms with Gasteiger partial charge in [0.15, 0.2) is 23.6 Å². The van der Waals surface area contributed by atoms with Crippen LogP contribution in [0.1, 0.15) is 95.1 Å². The SMILES string of the molecule is Nc1nc2c(ncn2[C@@H]2O[C@H](COP(=O)([O-])OP(=O)([O-])OP(=O)([O-])OP(=O)([O-])OC[C@H]3O[C@@H](n4cc(/C=C/CNC(=O)CCCCCNC(=O)CCCCCNC(=O)CCCC[C@H]5SC[C@H]6NC(=O)N[C@H]65)c(=O)[nH]c4=O)[C@@H](O)C3O)C(O)C2O)c(=O)[nH]1. The number of urea groups is 1. The first-order chi connectivity index (χ1) is 41.0. The number of nitrogen functional groups attached to an aromatic ring is 1. The average molecular weight is 1330 g/mol. The van der Waals surface area contributed by atoms with E-state index in [1.165, 1.54) is 12.2 Å². The minimum atomic E-state index is -6.75. The number of fused-ring (bicyclic) bond motifs is 2. The molecule has 4 fully saturated rings. The second-order valence-electron chi connectivity index (χ2n) is 20.1. The number of H-pyrrole nitrogens is 2. The molecule has 7 heterocycles. The summed E-state index contributed by atoms with van der Waals surface area (Å²) in [6.45, 7) is -1.87. The first-order valence-corrected chi connectivity index (χ1v) is 33.8. The van der Waals surface area contributed by atoms with E-state index < -0.39 is 110 Å². The van der Waals surface area contributed by atoms with Crippen LogP contribution in [0.2, 0.25) is 0 Å². The predicted octanol–water partition coefficient (Wildman–Crippen LogP) is -4.34. The van der Waals surface area contributed by atoms with Crippen LogP contribution in [0.3, 0.4) is 0 Å². The second-order valence-corrected chi connectivity index (χ2v) is 27.5. The number of carbonyl (C=O) groups is 4. The number of thioether (sulfide) groups is 1. The van der Waals surface area contributed by atoms with Crippen LogP contribution in [0.5, 0.6) is 0 Å². The number of hydrogen-bond donors (Lipinski definition) is 12. The van der Waals surface area contributed by atoms with Gasteiger partial charge in [0.05, 0.1) is 37.2 Å². The van der Waals surface area contributed by atoms with Crippen LogP contribution in [0, 0.1) is 0 Å². The number of anilines is 1. The van der Waals surface area contributed by atoms with E-state index in [2.05, 4.69) is 63.5 Å². The summed E-state index contributed by atoms with van der Waals surface area (Å²) in [5.74, 6) is 0.0784. The van der Waals surface area contributed by atoms with Gasteiger partial charge in [-0.05, 0) is 38.5 Å². The third-order valence-electron chi connectivity index (χ3n) is 13.7. The summed E-state index contributed by atoms with van der Waals surface area (Å²) in [6, 6.07) is 0.219. The number of nitrogens with one attached hydrogen (secondary N) is 7. The standard InChI is InChI=1S/C44H68N12O26P4S/c45-42-52-37-32(39(65)53-42)49-22-56(37)41-36(63)34(61)26(79-41)20-77-84(70,71)81-86(74,75)82-85(72,73)80-83(68,69)76-19-25-33(60)35(62)40(78-25)55-18-23(38(64)54-44(55)67)10-9-17-48-29(58)13-4-2-7-15-46-28(57)12-3-1-8-16-47-30(59)14-6-5-11-27-31-24(21-87-27)50-43(66)51-31/h9-10,18,22,24-27,31,33-36,40-41,60-63H,1-8,11-17,19-21H2,(H,46,57)(H,47,59)(H,48,58)(H,68,69)(H,70,71)(H,72,73)(H,74,75)(H2,50,51,66)(H,54,64,67)(H3,45,52,53,65)/p-4/b10-9+/t24-,25-,26-,27-,31-,33?,34?,35+,36?,40-,41-/m1/s1. The van der Waals surface area contributed by atoms with E-state index in [9.17, 15) is 91.8 Å². The Balaban J connectivity index is 0.745. The van der Waals surface area contributed by atoms with Crippen LogP contribution < -0.4 is 68.7 Å².